The van der Waals surface area contributed by atoms with E-state index in [0.717, 1.165) is 0 Å². The number of fused-ring (bicyclic) bond motifs is 1. The Morgan fingerprint density at radius 1 is 1.46 bits per heavy atom. The molecule has 3 rings (SSSR count). The number of hydrogen-bond donors (Lipinski definition) is 5. The molecule has 1 aliphatic rings. The van der Waals surface area contributed by atoms with Crippen LogP contribution < -0.4 is 11.2 Å². The Morgan fingerprint density at radius 3 is 2.75 bits per heavy atom. The molecule has 1 aliphatic heterocycles. The van der Waals surface area contributed by atoms with Crippen molar-refractivity contribution in [1.82, 2.24) is 14.5 Å². The minimum absolute atomic E-state index is 0.0392. The smallest absolute Gasteiger partial charge is 0.308 e. The number of aliphatic hydroxyl groups is 2. The quantitative estimate of drug-likeness (QED) is 0.376. The molecule has 152 valence electrons. The molecule has 0 saturated carbocycles. The molecule has 3 heterocycles. The van der Waals surface area contributed by atoms with Gasteiger partial charge in [-0.3, -0.25) is 19.6 Å². The molecule has 11 nitrogen and oxygen atoms in total. The highest BCUT2D eigenvalue weighted by molar-refractivity contribution is 9.10. The lowest BCUT2D eigenvalue weighted by atomic mass is 10.1. The second-order valence-corrected chi connectivity index (χ2v) is 7.53. The zero-order valence-corrected chi connectivity index (χ0v) is 16.6. The predicted octanol–water partition coefficient (Wildman–Crippen LogP) is -0.476. The lowest BCUT2D eigenvalue weighted by molar-refractivity contribution is -0.153. The molecule has 2 aromatic heterocycles. The summed E-state index contributed by atoms with van der Waals surface area (Å²) in [7, 11) is 0. The number of nitrogens with two attached hydrogens (primary N) is 1. The number of hydrogen-bond acceptors (Lipinski definition) is 8. The maximum atomic E-state index is 11.7. The van der Waals surface area contributed by atoms with Crippen LogP contribution in [0.15, 0.2) is 10.9 Å². The fraction of sp³-hybridized carbons (Fsp3) is 0.500. The second kappa shape index (κ2) is 7.62. The van der Waals surface area contributed by atoms with Gasteiger partial charge in [0.15, 0.2) is 11.7 Å². The van der Waals surface area contributed by atoms with Crippen LogP contribution in [0.25, 0.3) is 11.0 Å². The van der Waals surface area contributed by atoms with Gasteiger partial charge in [-0.25, -0.2) is 4.98 Å². The highest BCUT2D eigenvalue weighted by atomic mass is 79.9. The monoisotopic (exact) mass is 457 g/mol. The normalized spacial score (nSPS) is 24.8. The third-order valence-electron chi connectivity index (χ3n) is 4.46. The van der Waals surface area contributed by atoms with Gasteiger partial charge in [0.1, 0.15) is 36.9 Å². The second-order valence-electron chi connectivity index (χ2n) is 6.73. The van der Waals surface area contributed by atoms with E-state index in [1.807, 2.05) is 0 Å². The van der Waals surface area contributed by atoms with Crippen LogP contribution in [0.2, 0.25) is 0 Å². The van der Waals surface area contributed by atoms with Crippen LogP contribution in [0.4, 0.5) is 0 Å². The Labute approximate surface area is 167 Å². The van der Waals surface area contributed by atoms with Gasteiger partial charge in [0, 0.05) is 0 Å². The summed E-state index contributed by atoms with van der Waals surface area (Å²) in [5.74, 6) is -1.56. The summed E-state index contributed by atoms with van der Waals surface area (Å²) >= 11 is 3.19. The number of carbonyl (C=O) groups is 2. The summed E-state index contributed by atoms with van der Waals surface area (Å²) in [6.07, 6.45) is -3.51. The van der Waals surface area contributed by atoms with E-state index in [-0.39, 0.29) is 39.2 Å². The predicted molar refractivity (Wildman–Crippen MR) is 97.9 cm³/mol. The van der Waals surface area contributed by atoms with Gasteiger partial charge in [0.05, 0.1) is 21.5 Å². The van der Waals surface area contributed by atoms with Gasteiger partial charge >= 0.3 is 5.97 Å². The summed E-state index contributed by atoms with van der Waals surface area (Å²) in [6, 6.07) is 0. The number of primary amides is 1. The average Bonchev–Trinajstić information content (AvgIpc) is 3.12. The van der Waals surface area contributed by atoms with Crippen molar-refractivity contribution < 1.29 is 29.3 Å². The number of H-pyrrole nitrogens is 1. The number of aromatic nitrogens is 3. The number of esters is 1. The standard InChI is InChI=1S/C16H20BrN5O6/c1-5(2)16(26)27-3-6-9(23)10(24)15(28-6)22-4-20-12(18)8-7(13(19)25)11(17)21-14(8)22/h4-6,9-10,15,18,21,23-24H,3H2,1-2H3,(H2,19,25)/t6-,9+,10-,15-/m0/s1. The highest BCUT2D eigenvalue weighted by Gasteiger charge is 2.45. The van der Waals surface area contributed by atoms with Crippen molar-refractivity contribution in [3.05, 3.63) is 22.0 Å². The van der Waals surface area contributed by atoms with Crippen molar-refractivity contribution in [2.45, 2.75) is 38.4 Å². The lowest BCUT2D eigenvalue weighted by Crippen LogP contribution is -2.35. The summed E-state index contributed by atoms with van der Waals surface area (Å²) < 4.78 is 12.4. The Kier molecular flexibility index (Phi) is 5.57. The molecule has 1 fully saturated rings. The summed E-state index contributed by atoms with van der Waals surface area (Å²) in [4.78, 5) is 30.2. The molecule has 6 N–H and O–H groups in total. The van der Waals surface area contributed by atoms with Crippen molar-refractivity contribution >= 4 is 38.8 Å². The number of rotatable bonds is 5. The number of halogens is 1. The molecule has 1 amide bonds. The molecule has 4 atom stereocenters. The first-order chi connectivity index (χ1) is 13.1. The van der Waals surface area contributed by atoms with E-state index in [1.165, 1.54) is 10.9 Å². The first kappa shape index (κ1) is 20.5. The first-order valence-corrected chi connectivity index (χ1v) is 9.23. The van der Waals surface area contributed by atoms with E-state index >= 15 is 0 Å². The van der Waals surface area contributed by atoms with E-state index in [1.54, 1.807) is 13.8 Å². The molecular weight excluding hydrogens is 438 g/mol. The van der Waals surface area contributed by atoms with Gasteiger partial charge in [-0.2, -0.15) is 0 Å². The molecule has 0 unspecified atom stereocenters. The topological polar surface area (TPSA) is 177 Å². The third kappa shape index (κ3) is 3.43. The van der Waals surface area contributed by atoms with Crippen LogP contribution in [0.5, 0.6) is 0 Å². The van der Waals surface area contributed by atoms with Crippen LogP contribution >= 0.6 is 15.9 Å². The molecule has 0 bridgehead atoms. The number of nitrogens with zero attached hydrogens (tertiary/aromatic N) is 2. The molecule has 2 aromatic rings. The molecular formula is C16H20BrN5O6. The Hall–Kier alpha value is -2.28. The molecule has 0 spiro atoms. The van der Waals surface area contributed by atoms with E-state index in [2.05, 4.69) is 25.9 Å². The number of ether oxygens (including phenoxy) is 2. The summed E-state index contributed by atoms with van der Waals surface area (Å²) in [6.45, 7) is 3.11. The van der Waals surface area contributed by atoms with Crippen LogP contribution in [0, 0.1) is 11.3 Å². The van der Waals surface area contributed by atoms with Crippen LogP contribution in [0.3, 0.4) is 0 Å². The van der Waals surface area contributed by atoms with E-state index < -0.39 is 36.4 Å². The van der Waals surface area contributed by atoms with Gasteiger partial charge in [-0.15, -0.1) is 0 Å². The van der Waals surface area contributed by atoms with Crippen molar-refractivity contribution in [2.24, 2.45) is 11.7 Å². The zero-order valence-electron chi connectivity index (χ0n) is 15.0. The number of carbonyl (C=O) groups excluding carboxylic acids is 2. The van der Waals surface area contributed by atoms with Gasteiger partial charge in [0.25, 0.3) is 5.91 Å². The van der Waals surface area contributed by atoms with E-state index in [0.29, 0.717) is 0 Å². The van der Waals surface area contributed by atoms with Crippen LogP contribution in [-0.2, 0) is 14.3 Å². The van der Waals surface area contributed by atoms with Crippen LogP contribution in [-0.4, -0.2) is 61.5 Å². The van der Waals surface area contributed by atoms with Crippen molar-refractivity contribution in [3.63, 3.8) is 0 Å². The minimum Gasteiger partial charge on any atom is -0.463 e. The van der Waals surface area contributed by atoms with Crippen LogP contribution in [0.1, 0.15) is 30.4 Å². The van der Waals surface area contributed by atoms with Gasteiger partial charge in [-0.1, -0.05) is 13.8 Å². The number of nitrogens with one attached hydrogen (secondary N) is 2. The van der Waals surface area contributed by atoms with E-state index in [4.69, 9.17) is 20.6 Å². The number of amides is 1. The van der Waals surface area contributed by atoms with Gasteiger partial charge < -0.3 is 30.4 Å². The number of aromatic amines is 1. The molecule has 1 saturated heterocycles. The van der Waals surface area contributed by atoms with Gasteiger partial charge in [-0.05, 0) is 15.9 Å². The van der Waals surface area contributed by atoms with E-state index in [9.17, 15) is 19.8 Å². The van der Waals surface area contributed by atoms with Crippen molar-refractivity contribution in [1.29, 1.82) is 5.41 Å². The first-order valence-electron chi connectivity index (χ1n) is 8.44. The molecule has 0 aliphatic carbocycles. The molecule has 28 heavy (non-hydrogen) atoms. The maximum Gasteiger partial charge on any atom is 0.308 e. The molecule has 0 aromatic carbocycles. The maximum absolute atomic E-state index is 11.7. The molecule has 0 radical (unpaired) electrons. The van der Waals surface area contributed by atoms with Crippen molar-refractivity contribution in [3.8, 4) is 0 Å². The summed E-state index contributed by atoms with van der Waals surface area (Å²) in [5, 5.41) is 28.8. The fourth-order valence-corrected chi connectivity index (χ4v) is 3.56. The number of aliphatic hydroxyl groups excluding tert-OH is 2. The SMILES string of the molecule is CC(C)C(=O)OC[C@@H]1O[C@H](n2cnc(=N)c3c(C(N)=O)c(Br)[nH]c32)[C@@H](O)[C@@H]1O. The Balaban J connectivity index is 1.96. The fourth-order valence-electron chi connectivity index (χ4n) is 2.98. The average molecular weight is 458 g/mol. The third-order valence-corrected chi connectivity index (χ3v) is 5.05. The Morgan fingerprint density at radius 2 is 2.14 bits per heavy atom. The Bertz CT molecular complexity index is 986. The zero-order chi connectivity index (χ0) is 20.7. The molecule has 12 heteroatoms. The minimum atomic E-state index is -1.37. The lowest BCUT2D eigenvalue weighted by Gasteiger charge is -2.19. The highest BCUT2D eigenvalue weighted by Crippen LogP contribution is 2.33. The summed E-state index contributed by atoms with van der Waals surface area (Å²) in [5.41, 5.74) is 5.47. The largest absolute Gasteiger partial charge is 0.463 e. The van der Waals surface area contributed by atoms with Gasteiger partial charge in [0.2, 0.25) is 0 Å². The van der Waals surface area contributed by atoms with Crippen molar-refractivity contribution in [2.75, 3.05) is 6.61 Å².